The molecule has 0 saturated heterocycles. The van der Waals surface area contributed by atoms with Crippen molar-refractivity contribution in [2.75, 3.05) is 26.4 Å². The first-order valence-corrected chi connectivity index (χ1v) is 7.53. The second-order valence-corrected chi connectivity index (χ2v) is 5.76. The summed E-state index contributed by atoms with van der Waals surface area (Å²) in [7, 11) is 3.84. The van der Waals surface area contributed by atoms with E-state index in [1.807, 2.05) is 18.2 Å². The van der Waals surface area contributed by atoms with Gasteiger partial charge < -0.3 is 19.9 Å². The van der Waals surface area contributed by atoms with Crippen LogP contribution in [0.1, 0.15) is 26.7 Å². The summed E-state index contributed by atoms with van der Waals surface area (Å²) in [6.07, 6.45) is 2.24. The number of nitrogen functional groups attached to an aromatic ring is 1. The average molecular weight is 290 g/mol. The third-order valence-corrected chi connectivity index (χ3v) is 4.01. The summed E-state index contributed by atoms with van der Waals surface area (Å²) in [6.45, 7) is 6.43. The van der Waals surface area contributed by atoms with Gasteiger partial charge in [0.15, 0.2) is 0 Å². The number of hydrogen-bond donors (Lipinski definition) is 1. The Hall–Kier alpha value is -1.75. The highest BCUT2D eigenvalue weighted by Crippen LogP contribution is 2.23. The molecule has 0 aliphatic heterocycles. The molecule has 2 aromatic rings. The Balaban J connectivity index is 2.02. The van der Waals surface area contributed by atoms with Crippen molar-refractivity contribution in [2.45, 2.75) is 39.3 Å². The number of aryl methyl sites for hydroxylation is 1. The van der Waals surface area contributed by atoms with E-state index < -0.39 is 0 Å². The molecular weight excluding hydrogens is 264 g/mol. The Morgan fingerprint density at radius 2 is 2.10 bits per heavy atom. The number of aromatic nitrogens is 2. The molecule has 5 nitrogen and oxygen atoms in total. The van der Waals surface area contributed by atoms with Crippen molar-refractivity contribution in [1.82, 2.24) is 14.5 Å². The van der Waals surface area contributed by atoms with E-state index in [4.69, 9.17) is 10.5 Å². The van der Waals surface area contributed by atoms with Crippen LogP contribution in [0.25, 0.3) is 11.0 Å². The average Bonchev–Trinajstić information content (AvgIpc) is 2.78. The standard InChI is InChI=1S/C16H26N4O/c1-12(2)19(3)9-5-6-10-20-15-11-13(21-4)7-8-14(15)18-16(20)17/h7-8,11-12H,5-6,9-10H2,1-4H3,(H2,17,18). The van der Waals surface area contributed by atoms with Crippen LogP contribution in [-0.2, 0) is 6.54 Å². The van der Waals surface area contributed by atoms with Crippen molar-refractivity contribution < 1.29 is 4.74 Å². The van der Waals surface area contributed by atoms with Gasteiger partial charge in [-0.2, -0.15) is 0 Å². The summed E-state index contributed by atoms with van der Waals surface area (Å²) in [4.78, 5) is 6.76. The topological polar surface area (TPSA) is 56.3 Å². The molecular formula is C16H26N4O. The van der Waals surface area contributed by atoms with Crippen molar-refractivity contribution in [1.29, 1.82) is 0 Å². The van der Waals surface area contributed by atoms with Crippen molar-refractivity contribution in [2.24, 2.45) is 0 Å². The second kappa shape index (κ2) is 6.80. The summed E-state index contributed by atoms with van der Waals surface area (Å²) < 4.78 is 7.36. The molecule has 0 aliphatic rings. The second-order valence-electron chi connectivity index (χ2n) is 5.76. The van der Waals surface area contributed by atoms with E-state index >= 15 is 0 Å². The Bertz CT molecular complexity index is 591. The SMILES string of the molecule is COc1ccc2nc(N)n(CCCCN(C)C(C)C)c2c1. The van der Waals surface area contributed by atoms with Crippen LogP contribution in [0.3, 0.4) is 0 Å². The number of ether oxygens (including phenoxy) is 1. The predicted molar refractivity (Wildman–Crippen MR) is 87.7 cm³/mol. The minimum atomic E-state index is 0.579. The fourth-order valence-corrected chi connectivity index (χ4v) is 2.37. The molecule has 21 heavy (non-hydrogen) atoms. The number of imidazole rings is 1. The molecule has 1 aromatic heterocycles. The lowest BCUT2D eigenvalue weighted by molar-refractivity contribution is 0.266. The molecule has 0 radical (unpaired) electrons. The van der Waals surface area contributed by atoms with Gasteiger partial charge in [0, 0.05) is 18.7 Å². The number of unbranched alkanes of at least 4 members (excludes halogenated alkanes) is 1. The lowest BCUT2D eigenvalue weighted by Gasteiger charge is -2.20. The molecule has 0 bridgehead atoms. The number of benzene rings is 1. The molecule has 0 fully saturated rings. The smallest absolute Gasteiger partial charge is 0.201 e. The molecule has 0 saturated carbocycles. The number of nitrogens with two attached hydrogens (primary N) is 1. The normalized spacial score (nSPS) is 11.7. The highest BCUT2D eigenvalue weighted by molar-refractivity contribution is 5.79. The molecule has 116 valence electrons. The molecule has 5 heteroatoms. The maximum atomic E-state index is 6.04. The molecule has 0 spiro atoms. The number of anilines is 1. The van der Waals surface area contributed by atoms with E-state index in [1.165, 1.54) is 0 Å². The quantitative estimate of drug-likeness (QED) is 0.797. The first-order chi connectivity index (χ1) is 10.0. The summed E-state index contributed by atoms with van der Waals surface area (Å²) in [5.41, 5.74) is 8.00. The summed E-state index contributed by atoms with van der Waals surface area (Å²) in [5.74, 6) is 1.42. The highest BCUT2D eigenvalue weighted by Gasteiger charge is 2.09. The van der Waals surface area contributed by atoms with Crippen LogP contribution in [0, 0.1) is 0 Å². The fourth-order valence-electron chi connectivity index (χ4n) is 2.37. The Kier molecular flexibility index (Phi) is 5.07. The van der Waals surface area contributed by atoms with E-state index in [1.54, 1.807) is 7.11 Å². The van der Waals surface area contributed by atoms with Gasteiger partial charge in [-0.15, -0.1) is 0 Å². The lowest BCUT2D eigenvalue weighted by Crippen LogP contribution is -2.27. The van der Waals surface area contributed by atoms with Crippen LogP contribution in [-0.4, -0.2) is 41.2 Å². The van der Waals surface area contributed by atoms with Gasteiger partial charge in [0.25, 0.3) is 0 Å². The Morgan fingerprint density at radius 1 is 1.33 bits per heavy atom. The van der Waals surface area contributed by atoms with Gasteiger partial charge in [-0.3, -0.25) is 0 Å². The van der Waals surface area contributed by atoms with E-state index in [9.17, 15) is 0 Å². The highest BCUT2D eigenvalue weighted by atomic mass is 16.5. The minimum Gasteiger partial charge on any atom is -0.497 e. The molecule has 1 aromatic carbocycles. The van der Waals surface area contributed by atoms with Gasteiger partial charge in [0.1, 0.15) is 5.75 Å². The zero-order valence-electron chi connectivity index (χ0n) is 13.5. The largest absolute Gasteiger partial charge is 0.497 e. The molecule has 1 heterocycles. The van der Waals surface area contributed by atoms with Gasteiger partial charge in [-0.1, -0.05) is 0 Å². The maximum Gasteiger partial charge on any atom is 0.201 e. The number of fused-ring (bicyclic) bond motifs is 1. The van der Waals surface area contributed by atoms with Crippen molar-refractivity contribution in [3.63, 3.8) is 0 Å². The van der Waals surface area contributed by atoms with Crippen LogP contribution >= 0.6 is 0 Å². The van der Waals surface area contributed by atoms with E-state index in [0.29, 0.717) is 12.0 Å². The zero-order chi connectivity index (χ0) is 15.4. The molecule has 0 unspecified atom stereocenters. The third-order valence-electron chi connectivity index (χ3n) is 4.01. The molecule has 0 atom stereocenters. The number of rotatable bonds is 7. The minimum absolute atomic E-state index is 0.579. The van der Waals surface area contributed by atoms with Crippen molar-refractivity contribution in [3.05, 3.63) is 18.2 Å². The molecule has 0 amide bonds. The monoisotopic (exact) mass is 290 g/mol. The summed E-state index contributed by atoms with van der Waals surface area (Å²) in [5, 5.41) is 0. The molecule has 2 rings (SSSR count). The van der Waals surface area contributed by atoms with Gasteiger partial charge in [0.05, 0.1) is 18.1 Å². The predicted octanol–water partition coefficient (Wildman–Crippen LogP) is 2.75. The van der Waals surface area contributed by atoms with Crippen molar-refractivity contribution in [3.8, 4) is 5.75 Å². The summed E-state index contributed by atoms with van der Waals surface area (Å²) >= 11 is 0. The van der Waals surface area contributed by atoms with Crippen LogP contribution < -0.4 is 10.5 Å². The Morgan fingerprint density at radius 3 is 2.76 bits per heavy atom. The first-order valence-electron chi connectivity index (χ1n) is 7.53. The first kappa shape index (κ1) is 15.6. The fraction of sp³-hybridized carbons (Fsp3) is 0.562. The van der Waals surface area contributed by atoms with E-state index in [2.05, 4.69) is 35.3 Å². The van der Waals surface area contributed by atoms with Gasteiger partial charge >= 0.3 is 0 Å². The lowest BCUT2D eigenvalue weighted by atomic mass is 10.2. The van der Waals surface area contributed by atoms with E-state index in [-0.39, 0.29) is 0 Å². The van der Waals surface area contributed by atoms with Gasteiger partial charge in [-0.05, 0) is 52.4 Å². The van der Waals surface area contributed by atoms with Gasteiger partial charge in [0.2, 0.25) is 5.95 Å². The number of nitrogens with zero attached hydrogens (tertiary/aromatic N) is 3. The van der Waals surface area contributed by atoms with E-state index in [0.717, 1.165) is 42.7 Å². The van der Waals surface area contributed by atoms with Crippen molar-refractivity contribution >= 4 is 17.0 Å². The molecule has 0 aliphatic carbocycles. The maximum absolute atomic E-state index is 6.04. The van der Waals surface area contributed by atoms with Crippen LogP contribution in [0.4, 0.5) is 5.95 Å². The summed E-state index contributed by atoms with van der Waals surface area (Å²) in [6, 6.07) is 6.46. The van der Waals surface area contributed by atoms with Crippen LogP contribution in [0.5, 0.6) is 5.75 Å². The van der Waals surface area contributed by atoms with Gasteiger partial charge in [-0.25, -0.2) is 4.98 Å². The number of hydrogen-bond acceptors (Lipinski definition) is 4. The third kappa shape index (κ3) is 3.67. The molecule has 2 N–H and O–H groups in total. The van der Waals surface area contributed by atoms with Crippen LogP contribution in [0.15, 0.2) is 18.2 Å². The zero-order valence-corrected chi connectivity index (χ0v) is 13.5. The van der Waals surface area contributed by atoms with Crippen LogP contribution in [0.2, 0.25) is 0 Å². The number of methoxy groups -OCH3 is 1. The Labute approximate surface area is 126 Å².